The highest BCUT2D eigenvalue weighted by molar-refractivity contribution is 9.10. The smallest absolute Gasteiger partial charge is 0.129 e. The molecule has 4 nitrogen and oxygen atoms in total. The first-order valence-corrected chi connectivity index (χ1v) is 7.86. The van der Waals surface area contributed by atoms with E-state index >= 15 is 0 Å². The molecule has 0 saturated carbocycles. The van der Waals surface area contributed by atoms with Crippen molar-refractivity contribution in [1.29, 1.82) is 0 Å². The maximum atomic E-state index is 5.83. The largest absolute Gasteiger partial charge is 0.493 e. The summed E-state index contributed by atoms with van der Waals surface area (Å²) in [4.78, 5) is 4.11. The molecule has 2 heterocycles. The van der Waals surface area contributed by atoms with Crippen LogP contribution in [0, 0.1) is 0 Å². The van der Waals surface area contributed by atoms with Gasteiger partial charge in [-0.15, -0.1) is 0 Å². The molecule has 1 aromatic carbocycles. The maximum Gasteiger partial charge on any atom is 0.129 e. The number of pyridine rings is 1. The van der Waals surface area contributed by atoms with E-state index in [1.165, 1.54) is 5.56 Å². The van der Waals surface area contributed by atoms with Gasteiger partial charge in [0.15, 0.2) is 0 Å². The molecular formula is C15H15BrClN3O. The minimum absolute atomic E-state index is 0.0441. The molecule has 0 aliphatic carbocycles. The van der Waals surface area contributed by atoms with Crippen molar-refractivity contribution in [3.63, 3.8) is 0 Å². The maximum absolute atomic E-state index is 5.83. The molecular weight excluding hydrogens is 354 g/mol. The SMILES string of the molecule is NNC(Cc1cc(Br)cc2c1OCC2)c1ccc(Cl)nc1. The fourth-order valence-corrected chi connectivity index (χ4v) is 3.25. The zero-order chi connectivity index (χ0) is 14.8. The number of halogens is 2. The lowest BCUT2D eigenvalue weighted by Crippen LogP contribution is -2.29. The Kier molecular flexibility index (Phi) is 4.45. The zero-order valence-corrected chi connectivity index (χ0v) is 13.6. The minimum Gasteiger partial charge on any atom is -0.493 e. The fraction of sp³-hybridized carbons (Fsp3) is 0.267. The van der Waals surface area contributed by atoms with Crippen LogP contribution < -0.4 is 16.0 Å². The molecule has 110 valence electrons. The molecule has 0 spiro atoms. The Bertz CT molecular complexity index is 648. The van der Waals surface area contributed by atoms with Gasteiger partial charge in [-0.25, -0.2) is 4.98 Å². The van der Waals surface area contributed by atoms with Gasteiger partial charge < -0.3 is 4.74 Å². The molecule has 0 saturated heterocycles. The number of ether oxygens (including phenoxy) is 1. The van der Waals surface area contributed by atoms with Gasteiger partial charge in [-0.3, -0.25) is 11.3 Å². The lowest BCUT2D eigenvalue weighted by atomic mass is 9.98. The number of hydrogen-bond donors (Lipinski definition) is 2. The molecule has 1 aliphatic heterocycles. The van der Waals surface area contributed by atoms with Gasteiger partial charge in [0.1, 0.15) is 10.9 Å². The van der Waals surface area contributed by atoms with Crippen LogP contribution in [-0.4, -0.2) is 11.6 Å². The topological polar surface area (TPSA) is 60.2 Å². The molecule has 6 heteroatoms. The molecule has 1 aromatic heterocycles. The standard InChI is InChI=1S/C15H15BrClN3O/c16-12-5-9-3-4-21-15(9)11(6-12)7-13(20-18)10-1-2-14(17)19-8-10/h1-2,5-6,8,13,20H,3-4,7,18H2. The van der Waals surface area contributed by atoms with Crippen LogP contribution in [-0.2, 0) is 12.8 Å². The van der Waals surface area contributed by atoms with E-state index in [9.17, 15) is 0 Å². The summed E-state index contributed by atoms with van der Waals surface area (Å²) in [5.74, 6) is 6.70. The van der Waals surface area contributed by atoms with Gasteiger partial charge in [0.2, 0.25) is 0 Å². The van der Waals surface area contributed by atoms with Crippen LogP contribution in [0.15, 0.2) is 34.9 Å². The second kappa shape index (κ2) is 6.32. The van der Waals surface area contributed by atoms with Crippen molar-refractivity contribution < 1.29 is 4.74 Å². The Morgan fingerprint density at radius 3 is 3.00 bits per heavy atom. The molecule has 0 fully saturated rings. The average molecular weight is 369 g/mol. The van der Waals surface area contributed by atoms with E-state index in [1.807, 2.05) is 6.07 Å². The number of benzene rings is 1. The Morgan fingerprint density at radius 1 is 1.43 bits per heavy atom. The predicted octanol–water partition coefficient (Wildman–Crippen LogP) is 3.18. The van der Waals surface area contributed by atoms with Gasteiger partial charge in [0.25, 0.3) is 0 Å². The summed E-state index contributed by atoms with van der Waals surface area (Å²) in [7, 11) is 0. The second-order valence-corrected chi connectivity index (χ2v) is 6.29. The summed E-state index contributed by atoms with van der Waals surface area (Å²) >= 11 is 9.38. The summed E-state index contributed by atoms with van der Waals surface area (Å²) in [5, 5.41) is 0.473. The van der Waals surface area contributed by atoms with Crippen LogP contribution in [0.4, 0.5) is 0 Å². The molecule has 2 aromatic rings. The quantitative estimate of drug-likeness (QED) is 0.494. The van der Waals surface area contributed by atoms with Gasteiger partial charge in [-0.1, -0.05) is 33.6 Å². The molecule has 1 aliphatic rings. The van der Waals surface area contributed by atoms with Crippen molar-refractivity contribution in [2.75, 3.05) is 6.61 Å². The molecule has 0 amide bonds. The summed E-state index contributed by atoms with van der Waals surface area (Å²) in [5.41, 5.74) is 6.21. The Balaban J connectivity index is 1.89. The van der Waals surface area contributed by atoms with Crippen LogP contribution >= 0.6 is 27.5 Å². The summed E-state index contributed by atoms with van der Waals surface area (Å²) in [6, 6.07) is 7.85. The van der Waals surface area contributed by atoms with Crippen molar-refractivity contribution >= 4 is 27.5 Å². The third-order valence-corrected chi connectivity index (χ3v) is 4.28. The number of nitrogens with zero attached hydrogens (tertiary/aromatic N) is 1. The number of fused-ring (bicyclic) bond motifs is 1. The van der Waals surface area contributed by atoms with E-state index < -0.39 is 0 Å². The van der Waals surface area contributed by atoms with E-state index in [0.717, 1.165) is 40.8 Å². The molecule has 0 bridgehead atoms. The van der Waals surface area contributed by atoms with Crippen molar-refractivity contribution in [2.45, 2.75) is 18.9 Å². The Labute approximate surface area is 136 Å². The van der Waals surface area contributed by atoms with E-state index in [1.54, 1.807) is 12.3 Å². The van der Waals surface area contributed by atoms with Gasteiger partial charge >= 0.3 is 0 Å². The fourth-order valence-electron chi connectivity index (χ4n) is 2.58. The molecule has 1 unspecified atom stereocenters. The number of nitrogens with two attached hydrogens (primary N) is 1. The summed E-state index contributed by atoms with van der Waals surface area (Å²) in [6.45, 7) is 0.738. The zero-order valence-electron chi connectivity index (χ0n) is 11.3. The van der Waals surface area contributed by atoms with Gasteiger partial charge in [-0.05, 0) is 41.3 Å². The van der Waals surface area contributed by atoms with Crippen LogP contribution in [0.2, 0.25) is 5.15 Å². The van der Waals surface area contributed by atoms with Crippen molar-refractivity contribution in [2.24, 2.45) is 5.84 Å². The lowest BCUT2D eigenvalue weighted by Gasteiger charge is -2.18. The van der Waals surface area contributed by atoms with Crippen LogP contribution in [0.5, 0.6) is 5.75 Å². The molecule has 0 radical (unpaired) electrons. The number of rotatable bonds is 4. The monoisotopic (exact) mass is 367 g/mol. The van der Waals surface area contributed by atoms with Crippen molar-refractivity contribution in [3.05, 3.63) is 56.8 Å². The summed E-state index contributed by atoms with van der Waals surface area (Å²) < 4.78 is 6.82. The van der Waals surface area contributed by atoms with Crippen LogP contribution in [0.3, 0.4) is 0 Å². The second-order valence-electron chi connectivity index (χ2n) is 4.99. The van der Waals surface area contributed by atoms with Crippen molar-refractivity contribution in [1.82, 2.24) is 10.4 Å². The van der Waals surface area contributed by atoms with Gasteiger partial charge in [0, 0.05) is 17.1 Å². The Morgan fingerprint density at radius 2 is 2.29 bits per heavy atom. The number of aromatic nitrogens is 1. The number of hydrogen-bond acceptors (Lipinski definition) is 4. The lowest BCUT2D eigenvalue weighted by molar-refractivity contribution is 0.351. The van der Waals surface area contributed by atoms with Gasteiger partial charge in [-0.2, -0.15) is 0 Å². The average Bonchev–Trinajstić information content (AvgIpc) is 2.94. The first kappa shape index (κ1) is 14.8. The molecule has 21 heavy (non-hydrogen) atoms. The third kappa shape index (κ3) is 3.21. The van der Waals surface area contributed by atoms with E-state index in [-0.39, 0.29) is 6.04 Å². The van der Waals surface area contributed by atoms with E-state index in [4.69, 9.17) is 22.2 Å². The Hall–Kier alpha value is -1.14. The first-order valence-electron chi connectivity index (χ1n) is 6.69. The highest BCUT2D eigenvalue weighted by Crippen LogP contribution is 2.35. The molecule has 1 atom stereocenters. The number of nitrogens with one attached hydrogen (secondary N) is 1. The van der Waals surface area contributed by atoms with Crippen molar-refractivity contribution in [3.8, 4) is 5.75 Å². The van der Waals surface area contributed by atoms with E-state index in [2.05, 4.69) is 38.5 Å². The normalized spacial score (nSPS) is 14.6. The predicted molar refractivity (Wildman–Crippen MR) is 86.4 cm³/mol. The minimum atomic E-state index is -0.0441. The summed E-state index contributed by atoms with van der Waals surface area (Å²) in [6.07, 6.45) is 3.42. The van der Waals surface area contributed by atoms with Crippen LogP contribution in [0.25, 0.3) is 0 Å². The highest BCUT2D eigenvalue weighted by Gasteiger charge is 2.20. The molecule has 3 N–H and O–H groups in total. The third-order valence-electron chi connectivity index (χ3n) is 3.60. The van der Waals surface area contributed by atoms with Gasteiger partial charge in [0.05, 0.1) is 12.6 Å². The first-order chi connectivity index (χ1) is 10.2. The van der Waals surface area contributed by atoms with Crippen LogP contribution in [0.1, 0.15) is 22.7 Å². The van der Waals surface area contributed by atoms with E-state index in [0.29, 0.717) is 5.15 Å². The number of hydrazine groups is 1. The highest BCUT2D eigenvalue weighted by atomic mass is 79.9. The molecule has 3 rings (SSSR count).